The average molecular weight is 220 g/mol. The van der Waals surface area contributed by atoms with Crippen LogP contribution in [0, 0.1) is 0 Å². The molecule has 0 aliphatic heterocycles. The predicted octanol–water partition coefficient (Wildman–Crippen LogP) is 3.23. The van der Waals surface area contributed by atoms with E-state index in [0.717, 1.165) is 30.8 Å². The minimum Gasteiger partial charge on any atom is -0.493 e. The van der Waals surface area contributed by atoms with E-state index >= 15 is 0 Å². The summed E-state index contributed by atoms with van der Waals surface area (Å²) >= 11 is 0. The highest BCUT2D eigenvalue weighted by Gasteiger charge is 2.01. The predicted molar refractivity (Wildman–Crippen MR) is 67.0 cm³/mol. The fourth-order valence-electron chi connectivity index (χ4n) is 1.38. The van der Waals surface area contributed by atoms with E-state index in [1.54, 1.807) is 0 Å². The van der Waals surface area contributed by atoms with Gasteiger partial charge >= 0.3 is 0 Å². The molecular weight excluding hydrogens is 200 g/mol. The smallest absolute Gasteiger partial charge is 0.122 e. The molecule has 0 spiro atoms. The van der Waals surface area contributed by atoms with Crippen LogP contribution in [-0.4, -0.2) is 18.3 Å². The third kappa shape index (κ3) is 4.49. The van der Waals surface area contributed by atoms with Crippen molar-refractivity contribution in [1.82, 2.24) is 0 Å². The van der Waals surface area contributed by atoms with Crippen molar-refractivity contribution in [2.75, 3.05) is 13.2 Å². The third-order valence-corrected chi connectivity index (χ3v) is 2.27. The molecule has 0 fully saturated rings. The Bertz CT molecular complexity index is 304. The van der Waals surface area contributed by atoms with E-state index in [1.165, 1.54) is 0 Å². The first-order chi connectivity index (χ1) is 7.88. The Morgan fingerprint density at radius 3 is 2.69 bits per heavy atom. The average Bonchev–Trinajstić information content (AvgIpc) is 2.35. The Morgan fingerprint density at radius 2 is 2.06 bits per heavy atom. The second-order valence-electron chi connectivity index (χ2n) is 3.65. The lowest BCUT2D eigenvalue weighted by atomic mass is 10.1. The van der Waals surface area contributed by atoms with Crippen molar-refractivity contribution in [1.29, 1.82) is 0 Å². The second-order valence-corrected chi connectivity index (χ2v) is 3.65. The Morgan fingerprint density at radius 1 is 1.31 bits per heavy atom. The maximum atomic E-state index is 8.83. The first kappa shape index (κ1) is 12.8. The van der Waals surface area contributed by atoms with Crippen LogP contribution in [0.3, 0.4) is 0 Å². The molecule has 1 N–H and O–H groups in total. The summed E-state index contributed by atoms with van der Waals surface area (Å²) in [5, 5.41) is 8.83. The maximum Gasteiger partial charge on any atom is 0.122 e. The topological polar surface area (TPSA) is 29.5 Å². The van der Waals surface area contributed by atoms with Gasteiger partial charge in [0.15, 0.2) is 0 Å². The fourth-order valence-corrected chi connectivity index (χ4v) is 1.38. The second kappa shape index (κ2) is 7.94. The molecule has 1 aromatic rings. The molecular formula is C14H20O2. The van der Waals surface area contributed by atoms with Gasteiger partial charge < -0.3 is 9.84 Å². The van der Waals surface area contributed by atoms with E-state index in [4.69, 9.17) is 9.84 Å². The molecule has 0 amide bonds. The van der Waals surface area contributed by atoms with Gasteiger partial charge in [-0.05, 0) is 18.9 Å². The molecule has 0 aromatic heterocycles. The van der Waals surface area contributed by atoms with Crippen molar-refractivity contribution in [3.8, 4) is 0 Å². The standard InChI is InChI=1S/C14H20O2/c1-2-3-12-16-14(10-7-11-15)13-8-5-4-6-9-13/h4-6,8-10,15H,2-3,7,11-12H2,1H3. The number of rotatable bonds is 7. The molecule has 1 rings (SSSR count). The third-order valence-electron chi connectivity index (χ3n) is 2.27. The summed E-state index contributed by atoms with van der Waals surface area (Å²) in [6, 6.07) is 10.0. The van der Waals surface area contributed by atoms with Crippen molar-refractivity contribution >= 4 is 5.76 Å². The molecule has 2 nitrogen and oxygen atoms in total. The van der Waals surface area contributed by atoms with Crippen molar-refractivity contribution in [2.24, 2.45) is 0 Å². The van der Waals surface area contributed by atoms with E-state index in [1.807, 2.05) is 36.4 Å². The zero-order chi connectivity index (χ0) is 11.6. The molecule has 0 aliphatic rings. The molecule has 0 atom stereocenters. The zero-order valence-electron chi connectivity index (χ0n) is 9.86. The van der Waals surface area contributed by atoms with Gasteiger partial charge in [-0.15, -0.1) is 0 Å². The summed E-state index contributed by atoms with van der Waals surface area (Å²) < 4.78 is 5.72. The summed E-state index contributed by atoms with van der Waals surface area (Å²) in [5.74, 6) is 0.878. The fraction of sp³-hybridized carbons (Fsp3) is 0.429. The zero-order valence-corrected chi connectivity index (χ0v) is 9.86. The van der Waals surface area contributed by atoms with Gasteiger partial charge in [0.2, 0.25) is 0 Å². The number of ether oxygens (including phenoxy) is 1. The monoisotopic (exact) mass is 220 g/mol. The quantitative estimate of drug-likeness (QED) is 0.564. The van der Waals surface area contributed by atoms with Gasteiger partial charge in [-0.2, -0.15) is 0 Å². The lowest BCUT2D eigenvalue weighted by Gasteiger charge is -2.10. The highest BCUT2D eigenvalue weighted by molar-refractivity contribution is 5.59. The van der Waals surface area contributed by atoms with Crippen LogP contribution in [0.25, 0.3) is 5.76 Å². The Kier molecular flexibility index (Phi) is 6.35. The van der Waals surface area contributed by atoms with Gasteiger partial charge in [0.05, 0.1) is 6.61 Å². The van der Waals surface area contributed by atoms with Crippen LogP contribution in [0.1, 0.15) is 31.7 Å². The number of aliphatic hydroxyl groups excluding tert-OH is 1. The molecule has 0 heterocycles. The van der Waals surface area contributed by atoms with Crippen LogP contribution in [0.15, 0.2) is 36.4 Å². The van der Waals surface area contributed by atoms with Crippen LogP contribution < -0.4 is 0 Å². The Balaban J connectivity index is 2.64. The van der Waals surface area contributed by atoms with Gasteiger partial charge in [0, 0.05) is 12.2 Å². The van der Waals surface area contributed by atoms with Gasteiger partial charge in [0.25, 0.3) is 0 Å². The Labute approximate surface area is 97.6 Å². The SMILES string of the molecule is CCCCOC(=CCCO)c1ccccc1. The van der Waals surface area contributed by atoms with Crippen LogP contribution in [0.4, 0.5) is 0 Å². The van der Waals surface area contributed by atoms with Crippen molar-refractivity contribution < 1.29 is 9.84 Å². The lowest BCUT2D eigenvalue weighted by Crippen LogP contribution is -1.95. The number of hydrogen-bond acceptors (Lipinski definition) is 2. The minimum absolute atomic E-state index is 0.160. The van der Waals surface area contributed by atoms with E-state index in [0.29, 0.717) is 6.42 Å². The van der Waals surface area contributed by atoms with Crippen LogP contribution in [0.5, 0.6) is 0 Å². The molecule has 0 unspecified atom stereocenters. The van der Waals surface area contributed by atoms with E-state index in [-0.39, 0.29) is 6.61 Å². The van der Waals surface area contributed by atoms with Gasteiger partial charge in [0.1, 0.15) is 5.76 Å². The first-order valence-electron chi connectivity index (χ1n) is 5.87. The van der Waals surface area contributed by atoms with Crippen molar-refractivity contribution in [3.63, 3.8) is 0 Å². The summed E-state index contributed by atoms with van der Waals surface area (Å²) in [6.07, 6.45) is 4.77. The normalized spacial score (nSPS) is 11.5. The molecule has 0 aliphatic carbocycles. The molecule has 88 valence electrons. The summed E-state index contributed by atoms with van der Waals surface area (Å²) in [4.78, 5) is 0. The summed E-state index contributed by atoms with van der Waals surface area (Å²) in [7, 11) is 0. The highest BCUT2D eigenvalue weighted by Crippen LogP contribution is 2.16. The highest BCUT2D eigenvalue weighted by atomic mass is 16.5. The van der Waals surface area contributed by atoms with Gasteiger partial charge in [-0.1, -0.05) is 43.7 Å². The molecule has 16 heavy (non-hydrogen) atoms. The molecule has 0 saturated carbocycles. The summed E-state index contributed by atoms with van der Waals surface area (Å²) in [5.41, 5.74) is 1.08. The lowest BCUT2D eigenvalue weighted by molar-refractivity contribution is 0.266. The summed E-state index contributed by atoms with van der Waals surface area (Å²) in [6.45, 7) is 3.04. The van der Waals surface area contributed by atoms with Crippen molar-refractivity contribution in [3.05, 3.63) is 42.0 Å². The van der Waals surface area contributed by atoms with E-state index in [9.17, 15) is 0 Å². The van der Waals surface area contributed by atoms with Gasteiger partial charge in [-0.3, -0.25) is 0 Å². The minimum atomic E-state index is 0.160. The maximum absolute atomic E-state index is 8.83. The van der Waals surface area contributed by atoms with Crippen molar-refractivity contribution in [2.45, 2.75) is 26.2 Å². The largest absolute Gasteiger partial charge is 0.493 e. The van der Waals surface area contributed by atoms with E-state index < -0.39 is 0 Å². The molecule has 2 heteroatoms. The van der Waals surface area contributed by atoms with Crippen LogP contribution in [-0.2, 0) is 4.74 Å². The number of unbranched alkanes of at least 4 members (excludes halogenated alkanes) is 1. The molecule has 0 bridgehead atoms. The van der Waals surface area contributed by atoms with E-state index in [2.05, 4.69) is 6.92 Å². The molecule has 0 saturated heterocycles. The number of hydrogen-bond donors (Lipinski definition) is 1. The van der Waals surface area contributed by atoms with Gasteiger partial charge in [-0.25, -0.2) is 0 Å². The number of benzene rings is 1. The molecule has 0 radical (unpaired) electrons. The van der Waals surface area contributed by atoms with Crippen LogP contribution >= 0.6 is 0 Å². The van der Waals surface area contributed by atoms with Crippen LogP contribution in [0.2, 0.25) is 0 Å². The Hall–Kier alpha value is -1.28. The molecule has 1 aromatic carbocycles. The number of aliphatic hydroxyl groups is 1. The first-order valence-corrected chi connectivity index (χ1v) is 5.87.